The summed E-state index contributed by atoms with van der Waals surface area (Å²) < 4.78 is 27.0. The highest BCUT2D eigenvalue weighted by Gasteiger charge is 2.23. The van der Waals surface area contributed by atoms with Gasteiger partial charge < -0.3 is 9.80 Å². The molecule has 1 fully saturated rings. The number of hydrogen-bond acceptors (Lipinski definition) is 5. The third-order valence-corrected chi connectivity index (χ3v) is 7.85. The number of carbonyl (C=O) groups excluding carboxylic acids is 1. The molecule has 0 saturated carbocycles. The minimum Gasteiger partial charge on any atom is -0.336 e. The van der Waals surface area contributed by atoms with Crippen LogP contribution in [0.25, 0.3) is 0 Å². The number of thioether (sulfide) groups is 1. The van der Waals surface area contributed by atoms with E-state index in [0.717, 1.165) is 37.6 Å². The largest absolute Gasteiger partial charge is 0.336 e. The molecule has 2 aromatic carbocycles. The van der Waals surface area contributed by atoms with E-state index in [1.165, 1.54) is 11.4 Å². The molecule has 2 aromatic rings. The number of hydrogen-bond donors (Lipinski definition) is 0. The van der Waals surface area contributed by atoms with Crippen molar-refractivity contribution in [3.8, 4) is 0 Å². The van der Waals surface area contributed by atoms with Crippen molar-refractivity contribution in [2.24, 2.45) is 0 Å². The number of anilines is 1. The number of piperazine rings is 1. The second-order valence-corrected chi connectivity index (χ2v) is 9.77. The van der Waals surface area contributed by atoms with E-state index in [9.17, 15) is 13.2 Å². The van der Waals surface area contributed by atoms with Crippen LogP contribution in [0.5, 0.6) is 0 Å². The molecule has 0 atom stereocenters. The number of sulfonamides is 1. The van der Waals surface area contributed by atoms with Crippen LogP contribution in [-0.4, -0.2) is 70.2 Å². The Kier molecular flexibility index (Phi) is 6.87. The highest BCUT2D eigenvalue weighted by atomic mass is 32.2. The van der Waals surface area contributed by atoms with Crippen molar-refractivity contribution < 1.29 is 13.2 Å². The standard InChI is InChI=1S/C21H27N3O3S2/c1-4-23-13-15-24(16-14-23)21(25)17-5-7-18(8-6-17)22(2)29(26,27)20-11-9-19(28-3)10-12-20/h5-12H,4,13-16H2,1-3H3. The molecule has 8 heteroatoms. The molecule has 1 saturated heterocycles. The Morgan fingerprint density at radius 2 is 1.59 bits per heavy atom. The average Bonchev–Trinajstić information content (AvgIpc) is 2.78. The summed E-state index contributed by atoms with van der Waals surface area (Å²) in [7, 11) is -2.13. The maximum atomic E-state index is 12.9. The van der Waals surface area contributed by atoms with Crippen LogP contribution in [0.1, 0.15) is 17.3 Å². The number of nitrogens with zero attached hydrogens (tertiary/aromatic N) is 3. The van der Waals surface area contributed by atoms with Crippen LogP contribution >= 0.6 is 11.8 Å². The van der Waals surface area contributed by atoms with Crippen molar-refractivity contribution in [2.45, 2.75) is 16.7 Å². The van der Waals surface area contributed by atoms with Gasteiger partial charge in [0.15, 0.2) is 0 Å². The van der Waals surface area contributed by atoms with E-state index >= 15 is 0 Å². The fraction of sp³-hybridized carbons (Fsp3) is 0.381. The summed E-state index contributed by atoms with van der Waals surface area (Å²) in [6, 6.07) is 13.6. The van der Waals surface area contributed by atoms with Crippen LogP contribution in [0.2, 0.25) is 0 Å². The molecule has 29 heavy (non-hydrogen) atoms. The fourth-order valence-corrected chi connectivity index (χ4v) is 4.91. The molecule has 1 aliphatic heterocycles. The number of amides is 1. The zero-order valence-electron chi connectivity index (χ0n) is 17.0. The van der Waals surface area contributed by atoms with E-state index in [2.05, 4.69) is 11.8 Å². The van der Waals surface area contributed by atoms with Gasteiger partial charge in [-0.2, -0.15) is 0 Å². The second kappa shape index (κ2) is 9.19. The lowest BCUT2D eigenvalue weighted by atomic mass is 10.1. The molecule has 3 rings (SSSR count). The van der Waals surface area contributed by atoms with Gasteiger partial charge in [-0.15, -0.1) is 11.8 Å². The topological polar surface area (TPSA) is 60.9 Å². The molecule has 1 aliphatic rings. The average molecular weight is 434 g/mol. The van der Waals surface area contributed by atoms with E-state index in [0.29, 0.717) is 11.3 Å². The maximum Gasteiger partial charge on any atom is 0.264 e. The third kappa shape index (κ3) is 4.76. The Morgan fingerprint density at radius 1 is 1.00 bits per heavy atom. The summed E-state index contributed by atoms with van der Waals surface area (Å²) in [6.45, 7) is 6.33. The lowest BCUT2D eigenvalue weighted by Gasteiger charge is -2.34. The molecule has 0 unspecified atom stereocenters. The van der Waals surface area contributed by atoms with Crippen LogP contribution in [0, 0.1) is 0 Å². The molecule has 0 N–H and O–H groups in total. The SMILES string of the molecule is CCN1CCN(C(=O)c2ccc(N(C)S(=O)(=O)c3ccc(SC)cc3)cc2)CC1. The highest BCUT2D eigenvalue weighted by molar-refractivity contribution is 7.98. The third-order valence-electron chi connectivity index (χ3n) is 5.30. The Labute approximate surface area is 177 Å². The molecular weight excluding hydrogens is 406 g/mol. The van der Waals surface area contributed by atoms with Gasteiger partial charge in [-0.05, 0) is 61.3 Å². The van der Waals surface area contributed by atoms with Crippen LogP contribution in [-0.2, 0) is 10.0 Å². The quantitative estimate of drug-likeness (QED) is 0.656. The van der Waals surface area contributed by atoms with Crippen molar-refractivity contribution in [2.75, 3.05) is 50.3 Å². The zero-order chi connectivity index (χ0) is 21.0. The Bertz CT molecular complexity index is 936. The van der Waals surface area contributed by atoms with Crippen molar-refractivity contribution in [3.63, 3.8) is 0 Å². The molecule has 6 nitrogen and oxygen atoms in total. The zero-order valence-corrected chi connectivity index (χ0v) is 18.7. The van der Waals surface area contributed by atoms with Gasteiger partial charge in [-0.25, -0.2) is 8.42 Å². The van der Waals surface area contributed by atoms with Crippen LogP contribution in [0.4, 0.5) is 5.69 Å². The minimum absolute atomic E-state index is 0.00883. The van der Waals surface area contributed by atoms with Gasteiger partial charge in [-0.1, -0.05) is 6.92 Å². The van der Waals surface area contributed by atoms with Crippen LogP contribution in [0.3, 0.4) is 0 Å². The lowest BCUT2D eigenvalue weighted by molar-refractivity contribution is 0.0643. The Hall–Kier alpha value is -2.03. The van der Waals surface area contributed by atoms with Crippen molar-refractivity contribution in [1.82, 2.24) is 9.80 Å². The normalized spacial score (nSPS) is 15.3. The summed E-state index contributed by atoms with van der Waals surface area (Å²) in [6.07, 6.45) is 1.95. The summed E-state index contributed by atoms with van der Waals surface area (Å²) in [5, 5.41) is 0. The van der Waals surface area contributed by atoms with E-state index in [-0.39, 0.29) is 10.8 Å². The molecule has 0 aromatic heterocycles. The van der Waals surface area contributed by atoms with Crippen molar-refractivity contribution in [3.05, 3.63) is 54.1 Å². The van der Waals surface area contributed by atoms with Gasteiger partial charge in [0.1, 0.15) is 0 Å². The van der Waals surface area contributed by atoms with E-state index in [1.54, 1.807) is 60.3 Å². The molecule has 1 heterocycles. The summed E-state index contributed by atoms with van der Waals surface area (Å²) in [4.78, 5) is 18.2. The summed E-state index contributed by atoms with van der Waals surface area (Å²) in [5.74, 6) is -0.00883. The first-order valence-electron chi connectivity index (χ1n) is 9.61. The number of carbonyl (C=O) groups is 1. The van der Waals surface area contributed by atoms with Crippen molar-refractivity contribution >= 4 is 33.4 Å². The smallest absolute Gasteiger partial charge is 0.264 e. The first-order valence-corrected chi connectivity index (χ1v) is 12.3. The van der Waals surface area contributed by atoms with E-state index < -0.39 is 10.0 Å². The molecule has 0 bridgehead atoms. The van der Waals surface area contributed by atoms with Crippen LogP contribution in [0.15, 0.2) is 58.3 Å². The number of benzene rings is 2. The summed E-state index contributed by atoms with van der Waals surface area (Å²) >= 11 is 1.56. The van der Waals surface area contributed by atoms with Gasteiger partial charge in [0.2, 0.25) is 0 Å². The van der Waals surface area contributed by atoms with E-state index in [4.69, 9.17) is 0 Å². The van der Waals surface area contributed by atoms with Crippen LogP contribution < -0.4 is 4.31 Å². The van der Waals surface area contributed by atoms with Gasteiger partial charge >= 0.3 is 0 Å². The van der Waals surface area contributed by atoms with Gasteiger partial charge in [0.25, 0.3) is 15.9 Å². The molecule has 156 valence electrons. The molecule has 1 amide bonds. The number of likely N-dealkylation sites (N-methyl/N-ethyl adjacent to an activating group) is 1. The summed E-state index contributed by atoms with van der Waals surface area (Å²) in [5.41, 5.74) is 1.10. The maximum absolute atomic E-state index is 12.9. The monoisotopic (exact) mass is 433 g/mol. The van der Waals surface area contributed by atoms with Gasteiger partial charge in [-0.3, -0.25) is 9.10 Å². The van der Waals surface area contributed by atoms with Gasteiger partial charge in [0, 0.05) is 43.7 Å². The lowest BCUT2D eigenvalue weighted by Crippen LogP contribution is -2.48. The fourth-order valence-electron chi connectivity index (χ4n) is 3.31. The number of rotatable bonds is 6. The highest BCUT2D eigenvalue weighted by Crippen LogP contribution is 2.24. The van der Waals surface area contributed by atoms with E-state index in [1.807, 2.05) is 11.2 Å². The first kappa shape index (κ1) is 21.7. The predicted molar refractivity (Wildman–Crippen MR) is 118 cm³/mol. The molecule has 0 spiro atoms. The van der Waals surface area contributed by atoms with Crippen molar-refractivity contribution in [1.29, 1.82) is 0 Å². The first-order chi connectivity index (χ1) is 13.9. The second-order valence-electron chi connectivity index (χ2n) is 6.92. The minimum atomic E-state index is -3.66. The van der Waals surface area contributed by atoms with Gasteiger partial charge in [0.05, 0.1) is 10.6 Å². The Balaban J connectivity index is 1.72. The molecule has 0 aliphatic carbocycles. The predicted octanol–water partition coefficient (Wildman–Crippen LogP) is 3.01. The Morgan fingerprint density at radius 3 is 2.10 bits per heavy atom. The molecule has 0 radical (unpaired) electrons. The molecular formula is C21H27N3O3S2.